The van der Waals surface area contributed by atoms with Crippen molar-refractivity contribution < 1.29 is 9.90 Å². The van der Waals surface area contributed by atoms with Gasteiger partial charge in [-0.05, 0) is 12.8 Å². The molecule has 0 aromatic rings. The fraction of sp³-hybridized carbons (Fsp3) is 0.917. The van der Waals surface area contributed by atoms with Crippen LogP contribution in [0.25, 0.3) is 0 Å². The quantitative estimate of drug-likeness (QED) is 0.516. The van der Waals surface area contributed by atoms with Crippen LogP contribution in [-0.2, 0) is 4.79 Å². The average molecular weight is 230 g/mol. The van der Waals surface area contributed by atoms with Crippen molar-refractivity contribution in [1.29, 1.82) is 0 Å². The summed E-state index contributed by atoms with van der Waals surface area (Å²) in [6, 6.07) is 0. The Bertz CT molecular complexity index is 182. The maximum atomic E-state index is 11.1. The van der Waals surface area contributed by atoms with E-state index in [0.29, 0.717) is 32.0 Å². The number of nitrogens with one attached hydrogen (secondary N) is 2. The van der Waals surface area contributed by atoms with E-state index in [-0.39, 0.29) is 12.0 Å². The highest BCUT2D eigenvalue weighted by Gasteiger charge is 2.14. The summed E-state index contributed by atoms with van der Waals surface area (Å²) in [7, 11) is 0. The number of rotatable bonds is 9. The predicted octanol–water partition coefficient (Wildman–Crippen LogP) is 0.899. The van der Waals surface area contributed by atoms with Crippen molar-refractivity contribution in [2.75, 3.05) is 19.6 Å². The van der Waals surface area contributed by atoms with Gasteiger partial charge in [0, 0.05) is 26.1 Å². The van der Waals surface area contributed by atoms with E-state index in [4.69, 9.17) is 0 Å². The molecule has 0 saturated carbocycles. The van der Waals surface area contributed by atoms with Gasteiger partial charge in [-0.3, -0.25) is 4.79 Å². The third-order valence-electron chi connectivity index (χ3n) is 2.85. The highest BCUT2D eigenvalue weighted by atomic mass is 16.3. The molecule has 0 aliphatic heterocycles. The Labute approximate surface area is 98.8 Å². The van der Waals surface area contributed by atoms with Crippen LogP contribution in [0.2, 0.25) is 0 Å². The van der Waals surface area contributed by atoms with Crippen LogP contribution in [0.4, 0.5) is 0 Å². The molecule has 0 heterocycles. The summed E-state index contributed by atoms with van der Waals surface area (Å²) in [5.74, 6) is 0.420. The second kappa shape index (κ2) is 9.60. The molecular formula is C12H26N2O2. The maximum Gasteiger partial charge on any atom is 0.221 e. The summed E-state index contributed by atoms with van der Waals surface area (Å²) in [4.78, 5) is 11.1. The zero-order valence-corrected chi connectivity index (χ0v) is 10.8. The molecule has 0 aromatic heterocycles. The van der Waals surface area contributed by atoms with Crippen molar-refractivity contribution in [1.82, 2.24) is 10.6 Å². The summed E-state index contributed by atoms with van der Waals surface area (Å²) < 4.78 is 0. The zero-order chi connectivity index (χ0) is 12.4. The average Bonchev–Trinajstić information content (AvgIpc) is 2.26. The molecule has 0 fully saturated rings. The van der Waals surface area contributed by atoms with E-state index in [9.17, 15) is 9.90 Å². The van der Waals surface area contributed by atoms with Crippen molar-refractivity contribution in [2.45, 2.75) is 46.1 Å². The molecule has 4 nitrogen and oxygen atoms in total. The van der Waals surface area contributed by atoms with Crippen molar-refractivity contribution in [3.8, 4) is 0 Å². The standard InChI is InChI=1S/C12H26N2O2/c1-4-10(5-2)11(15)9-13-8-7-12(16)14-6-3/h10-11,13,15H,4-9H2,1-3H3,(H,14,16). The first-order chi connectivity index (χ1) is 7.65. The van der Waals surface area contributed by atoms with Gasteiger partial charge in [0.25, 0.3) is 0 Å². The lowest BCUT2D eigenvalue weighted by Crippen LogP contribution is -2.35. The SMILES string of the molecule is CCNC(=O)CCNCC(O)C(CC)CC. The summed E-state index contributed by atoms with van der Waals surface area (Å²) in [6.07, 6.45) is 2.17. The molecule has 0 aromatic carbocycles. The highest BCUT2D eigenvalue weighted by molar-refractivity contribution is 5.75. The first-order valence-electron chi connectivity index (χ1n) is 6.31. The predicted molar refractivity (Wildman–Crippen MR) is 66.2 cm³/mol. The number of hydrogen-bond donors (Lipinski definition) is 3. The van der Waals surface area contributed by atoms with Gasteiger partial charge in [0.15, 0.2) is 0 Å². The van der Waals surface area contributed by atoms with Crippen molar-refractivity contribution >= 4 is 5.91 Å². The van der Waals surface area contributed by atoms with Crippen LogP contribution in [0, 0.1) is 5.92 Å². The molecule has 0 rings (SSSR count). The lowest BCUT2D eigenvalue weighted by molar-refractivity contribution is -0.120. The highest BCUT2D eigenvalue weighted by Crippen LogP contribution is 2.11. The van der Waals surface area contributed by atoms with E-state index in [1.54, 1.807) is 0 Å². The van der Waals surface area contributed by atoms with E-state index >= 15 is 0 Å². The second-order valence-electron chi connectivity index (χ2n) is 4.05. The molecule has 0 aliphatic rings. The van der Waals surface area contributed by atoms with Crippen molar-refractivity contribution in [3.63, 3.8) is 0 Å². The Morgan fingerprint density at radius 1 is 1.25 bits per heavy atom. The van der Waals surface area contributed by atoms with E-state index in [2.05, 4.69) is 24.5 Å². The molecule has 1 unspecified atom stereocenters. The van der Waals surface area contributed by atoms with Crippen LogP contribution < -0.4 is 10.6 Å². The van der Waals surface area contributed by atoms with Gasteiger partial charge < -0.3 is 15.7 Å². The number of carbonyl (C=O) groups excluding carboxylic acids is 1. The molecule has 1 amide bonds. The largest absolute Gasteiger partial charge is 0.392 e. The molecule has 0 radical (unpaired) electrons. The van der Waals surface area contributed by atoms with Gasteiger partial charge in [0.1, 0.15) is 0 Å². The topological polar surface area (TPSA) is 61.4 Å². The Hall–Kier alpha value is -0.610. The molecule has 96 valence electrons. The molecule has 0 aliphatic carbocycles. The maximum absolute atomic E-state index is 11.1. The minimum Gasteiger partial charge on any atom is -0.392 e. The van der Waals surface area contributed by atoms with Crippen LogP contribution in [0.3, 0.4) is 0 Å². The molecule has 0 saturated heterocycles. The molecule has 4 heteroatoms. The van der Waals surface area contributed by atoms with Crippen LogP contribution in [0.5, 0.6) is 0 Å². The van der Waals surface area contributed by atoms with Crippen molar-refractivity contribution in [3.05, 3.63) is 0 Å². The summed E-state index contributed by atoms with van der Waals surface area (Å²) in [5, 5.41) is 15.7. The smallest absolute Gasteiger partial charge is 0.221 e. The Morgan fingerprint density at radius 3 is 2.38 bits per heavy atom. The van der Waals surface area contributed by atoms with Crippen LogP contribution in [0.1, 0.15) is 40.0 Å². The van der Waals surface area contributed by atoms with Gasteiger partial charge in [-0.1, -0.05) is 26.7 Å². The molecule has 16 heavy (non-hydrogen) atoms. The zero-order valence-electron chi connectivity index (χ0n) is 10.8. The fourth-order valence-electron chi connectivity index (χ4n) is 1.74. The Kier molecular flexibility index (Phi) is 9.24. The third-order valence-corrected chi connectivity index (χ3v) is 2.85. The van der Waals surface area contributed by atoms with Gasteiger partial charge in [-0.25, -0.2) is 0 Å². The summed E-state index contributed by atoms with van der Waals surface area (Å²) in [6.45, 7) is 7.96. The van der Waals surface area contributed by atoms with Gasteiger partial charge in [-0.2, -0.15) is 0 Å². The lowest BCUT2D eigenvalue weighted by Gasteiger charge is -2.20. The van der Waals surface area contributed by atoms with Crippen LogP contribution in [-0.4, -0.2) is 36.8 Å². The number of aliphatic hydroxyl groups excluding tert-OH is 1. The van der Waals surface area contributed by atoms with Gasteiger partial charge in [-0.15, -0.1) is 0 Å². The van der Waals surface area contributed by atoms with Crippen LogP contribution in [0.15, 0.2) is 0 Å². The van der Waals surface area contributed by atoms with Gasteiger partial charge in [0.2, 0.25) is 5.91 Å². The van der Waals surface area contributed by atoms with E-state index in [1.165, 1.54) is 0 Å². The number of hydrogen-bond acceptors (Lipinski definition) is 3. The summed E-state index contributed by atoms with van der Waals surface area (Å²) in [5.41, 5.74) is 0. The van der Waals surface area contributed by atoms with E-state index in [0.717, 1.165) is 12.8 Å². The molecule has 0 spiro atoms. The number of carbonyl (C=O) groups is 1. The molecular weight excluding hydrogens is 204 g/mol. The molecule has 1 atom stereocenters. The fourth-order valence-corrected chi connectivity index (χ4v) is 1.74. The normalized spacial score (nSPS) is 12.8. The van der Waals surface area contributed by atoms with E-state index in [1.807, 2.05) is 6.92 Å². The van der Waals surface area contributed by atoms with Gasteiger partial charge in [0.05, 0.1) is 6.10 Å². The second-order valence-corrected chi connectivity index (χ2v) is 4.05. The van der Waals surface area contributed by atoms with Crippen LogP contribution >= 0.6 is 0 Å². The number of aliphatic hydroxyl groups is 1. The molecule has 3 N–H and O–H groups in total. The number of amides is 1. The minimum atomic E-state index is -0.302. The first-order valence-corrected chi connectivity index (χ1v) is 6.31. The monoisotopic (exact) mass is 230 g/mol. The van der Waals surface area contributed by atoms with Crippen molar-refractivity contribution in [2.24, 2.45) is 5.92 Å². The van der Waals surface area contributed by atoms with E-state index < -0.39 is 0 Å². The minimum absolute atomic E-state index is 0.0621. The van der Waals surface area contributed by atoms with Gasteiger partial charge >= 0.3 is 0 Å². The Balaban J connectivity index is 3.54. The summed E-state index contributed by atoms with van der Waals surface area (Å²) >= 11 is 0. The lowest BCUT2D eigenvalue weighted by atomic mass is 9.96. The molecule has 0 bridgehead atoms. The third kappa shape index (κ3) is 6.80. The Morgan fingerprint density at radius 2 is 1.88 bits per heavy atom. The first kappa shape index (κ1) is 15.4.